The standard InChI is InChI=1S/C14H15NO/c1-10-4-6-12-11(9-16)5-7-14(15(2)3)13(12)8-10/h4-9H,1-3H3. The zero-order chi connectivity index (χ0) is 11.7. The second-order valence-corrected chi connectivity index (χ2v) is 4.24. The van der Waals surface area contributed by atoms with Crippen molar-refractivity contribution < 1.29 is 4.79 Å². The molecule has 0 N–H and O–H groups in total. The Hall–Kier alpha value is -1.83. The van der Waals surface area contributed by atoms with E-state index >= 15 is 0 Å². The molecule has 0 aliphatic carbocycles. The maximum Gasteiger partial charge on any atom is 0.150 e. The molecule has 0 saturated carbocycles. The van der Waals surface area contributed by atoms with Crippen molar-refractivity contribution in [2.45, 2.75) is 6.92 Å². The maximum absolute atomic E-state index is 11.0. The highest BCUT2D eigenvalue weighted by Gasteiger charge is 2.06. The van der Waals surface area contributed by atoms with Crippen molar-refractivity contribution in [3.63, 3.8) is 0 Å². The summed E-state index contributed by atoms with van der Waals surface area (Å²) < 4.78 is 0. The number of rotatable bonds is 2. The lowest BCUT2D eigenvalue weighted by Crippen LogP contribution is -2.09. The fraction of sp³-hybridized carbons (Fsp3) is 0.214. The zero-order valence-corrected chi connectivity index (χ0v) is 9.82. The van der Waals surface area contributed by atoms with E-state index in [0.717, 1.165) is 28.3 Å². The van der Waals surface area contributed by atoms with Crippen LogP contribution in [-0.4, -0.2) is 20.4 Å². The quantitative estimate of drug-likeness (QED) is 0.715. The van der Waals surface area contributed by atoms with Crippen LogP contribution in [0.4, 0.5) is 5.69 Å². The predicted molar refractivity (Wildman–Crippen MR) is 68.4 cm³/mol. The number of anilines is 1. The molecule has 0 amide bonds. The van der Waals surface area contributed by atoms with E-state index in [9.17, 15) is 4.79 Å². The third kappa shape index (κ3) is 1.67. The summed E-state index contributed by atoms with van der Waals surface area (Å²) in [7, 11) is 4.02. The number of benzene rings is 2. The lowest BCUT2D eigenvalue weighted by molar-refractivity contribution is 0.112. The van der Waals surface area contributed by atoms with E-state index in [2.05, 4.69) is 17.9 Å². The van der Waals surface area contributed by atoms with Crippen LogP contribution in [0, 0.1) is 6.92 Å². The molecule has 0 aromatic heterocycles. The lowest BCUT2D eigenvalue weighted by Gasteiger charge is -2.16. The number of aryl methyl sites for hydroxylation is 1. The number of aldehydes is 1. The number of carbonyl (C=O) groups excluding carboxylic acids is 1. The Balaban J connectivity index is 2.85. The van der Waals surface area contributed by atoms with Gasteiger partial charge in [0.25, 0.3) is 0 Å². The molecular weight excluding hydrogens is 198 g/mol. The van der Waals surface area contributed by atoms with Crippen LogP contribution in [0.25, 0.3) is 10.8 Å². The molecule has 2 rings (SSSR count). The molecule has 0 atom stereocenters. The van der Waals surface area contributed by atoms with Gasteiger partial charge in [0, 0.05) is 30.7 Å². The van der Waals surface area contributed by atoms with Crippen LogP contribution < -0.4 is 4.90 Å². The minimum absolute atomic E-state index is 0.751. The van der Waals surface area contributed by atoms with Gasteiger partial charge in [-0.2, -0.15) is 0 Å². The highest BCUT2D eigenvalue weighted by atomic mass is 16.1. The smallest absolute Gasteiger partial charge is 0.150 e. The molecule has 16 heavy (non-hydrogen) atoms. The topological polar surface area (TPSA) is 20.3 Å². The molecule has 0 aliphatic heterocycles. The molecule has 2 heteroatoms. The van der Waals surface area contributed by atoms with E-state index in [-0.39, 0.29) is 0 Å². The van der Waals surface area contributed by atoms with Crippen molar-refractivity contribution in [2.75, 3.05) is 19.0 Å². The summed E-state index contributed by atoms with van der Waals surface area (Å²) in [5.41, 5.74) is 3.10. The van der Waals surface area contributed by atoms with E-state index in [1.807, 2.05) is 38.4 Å². The summed E-state index contributed by atoms with van der Waals surface area (Å²) in [5.74, 6) is 0. The molecule has 0 heterocycles. The Labute approximate surface area is 95.5 Å². The Kier molecular flexibility index (Phi) is 2.65. The van der Waals surface area contributed by atoms with Crippen LogP contribution in [0.2, 0.25) is 0 Å². The average molecular weight is 213 g/mol. The largest absolute Gasteiger partial charge is 0.377 e. The van der Waals surface area contributed by atoms with E-state index in [0.29, 0.717) is 0 Å². The van der Waals surface area contributed by atoms with Gasteiger partial charge in [0.05, 0.1) is 0 Å². The normalized spacial score (nSPS) is 10.4. The van der Waals surface area contributed by atoms with Gasteiger partial charge >= 0.3 is 0 Å². The first-order chi connectivity index (χ1) is 7.63. The lowest BCUT2D eigenvalue weighted by atomic mass is 10.0. The van der Waals surface area contributed by atoms with Crippen molar-refractivity contribution in [3.8, 4) is 0 Å². The molecule has 2 aromatic rings. The van der Waals surface area contributed by atoms with E-state index in [1.54, 1.807) is 0 Å². The Morgan fingerprint density at radius 2 is 1.81 bits per heavy atom. The first-order valence-corrected chi connectivity index (χ1v) is 5.29. The summed E-state index contributed by atoms with van der Waals surface area (Å²) in [4.78, 5) is 13.0. The molecule has 0 bridgehead atoms. The van der Waals surface area contributed by atoms with Gasteiger partial charge in [-0.05, 0) is 30.5 Å². The van der Waals surface area contributed by atoms with Crippen molar-refractivity contribution in [1.82, 2.24) is 0 Å². The van der Waals surface area contributed by atoms with Gasteiger partial charge in [0.15, 0.2) is 6.29 Å². The van der Waals surface area contributed by atoms with Crippen LogP contribution in [-0.2, 0) is 0 Å². The highest BCUT2D eigenvalue weighted by Crippen LogP contribution is 2.28. The summed E-state index contributed by atoms with van der Waals surface area (Å²) in [6, 6.07) is 10.0. The van der Waals surface area contributed by atoms with Gasteiger partial charge in [-0.25, -0.2) is 0 Å². The molecule has 0 unspecified atom stereocenters. The molecule has 0 aliphatic rings. The minimum atomic E-state index is 0.751. The average Bonchev–Trinajstić information content (AvgIpc) is 2.26. The summed E-state index contributed by atoms with van der Waals surface area (Å²) >= 11 is 0. The third-order valence-corrected chi connectivity index (χ3v) is 2.79. The molecule has 2 nitrogen and oxygen atoms in total. The number of carbonyl (C=O) groups is 1. The van der Waals surface area contributed by atoms with Gasteiger partial charge in [-0.15, -0.1) is 0 Å². The van der Waals surface area contributed by atoms with Crippen molar-refractivity contribution in [1.29, 1.82) is 0 Å². The number of nitrogens with zero attached hydrogens (tertiary/aromatic N) is 1. The second-order valence-electron chi connectivity index (χ2n) is 4.24. The van der Waals surface area contributed by atoms with E-state index in [1.165, 1.54) is 5.56 Å². The molecular formula is C14H15NO. The molecule has 0 fully saturated rings. The number of hydrogen-bond donors (Lipinski definition) is 0. The molecule has 0 radical (unpaired) electrons. The van der Waals surface area contributed by atoms with Gasteiger partial charge in [0.1, 0.15) is 0 Å². The summed E-state index contributed by atoms with van der Waals surface area (Å²) in [5, 5.41) is 2.15. The zero-order valence-electron chi connectivity index (χ0n) is 9.82. The van der Waals surface area contributed by atoms with Gasteiger partial charge < -0.3 is 4.90 Å². The number of fused-ring (bicyclic) bond motifs is 1. The van der Waals surface area contributed by atoms with Crippen LogP contribution in [0.1, 0.15) is 15.9 Å². The second kappa shape index (κ2) is 3.97. The fourth-order valence-electron chi connectivity index (χ4n) is 1.96. The van der Waals surface area contributed by atoms with Crippen molar-refractivity contribution >= 4 is 22.7 Å². The van der Waals surface area contributed by atoms with E-state index in [4.69, 9.17) is 0 Å². The van der Waals surface area contributed by atoms with Crippen molar-refractivity contribution in [2.24, 2.45) is 0 Å². The Morgan fingerprint density at radius 1 is 1.06 bits per heavy atom. The van der Waals surface area contributed by atoms with Gasteiger partial charge in [-0.3, -0.25) is 4.79 Å². The third-order valence-electron chi connectivity index (χ3n) is 2.79. The minimum Gasteiger partial charge on any atom is -0.377 e. The van der Waals surface area contributed by atoms with Crippen LogP contribution in [0.5, 0.6) is 0 Å². The Bertz CT molecular complexity index is 544. The monoisotopic (exact) mass is 213 g/mol. The van der Waals surface area contributed by atoms with Crippen molar-refractivity contribution in [3.05, 3.63) is 41.5 Å². The first kappa shape index (κ1) is 10.7. The first-order valence-electron chi connectivity index (χ1n) is 5.29. The molecule has 2 aromatic carbocycles. The summed E-state index contributed by atoms with van der Waals surface area (Å²) in [6.07, 6.45) is 0.914. The SMILES string of the molecule is Cc1ccc2c(C=O)ccc(N(C)C)c2c1. The molecule has 82 valence electrons. The van der Waals surface area contributed by atoms with E-state index < -0.39 is 0 Å². The van der Waals surface area contributed by atoms with Crippen LogP contribution in [0.15, 0.2) is 30.3 Å². The highest BCUT2D eigenvalue weighted by molar-refractivity contribution is 6.04. The fourth-order valence-corrected chi connectivity index (χ4v) is 1.96. The molecule has 0 saturated heterocycles. The van der Waals surface area contributed by atoms with Gasteiger partial charge in [0.2, 0.25) is 0 Å². The van der Waals surface area contributed by atoms with Crippen LogP contribution >= 0.6 is 0 Å². The summed E-state index contributed by atoms with van der Waals surface area (Å²) in [6.45, 7) is 2.06. The predicted octanol–water partition coefficient (Wildman–Crippen LogP) is 3.03. The van der Waals surface area contributed by atoms with Crippen LogP contribution in [0.3, 0.4) is 0 Å². The Morgan fingerprint density at radius 3 is 2.44 bits per heavy atom. The van der Waals surface area contributed by atoms with Gasteiger partial charge in [-0.1, -0.05) is 17.7 Å². The molecule has 0 spiro atoms. The number of hydrogen-bond acceptors (Lipinski definition) is 2. The maximum atomic E-state index is 11.0.